The van der Waals surface area contributed by atoms with Gasteiger partial charge in [-0.3, -0.25) is 0 Å². The summed E-state index contributed by atoms with van der Waals surface area (Å²) >= 11 is 0. The zero-order valence-corrected chi connectivity index (χ0v) is 12.1. The largest absolute Gasteiger partial charge is 0.138 e. The number of hydrogen-bond donors (Lipinski definition) is 0. The van der Waals surface area contributed by atoms with Crippen molar-refractivity contribution in [1.82, 2.24) is 0 Å². The SMILES string of the molecule is C=CC1(c2ccc(C#C[SiH3])cc2)C=CC=CC1. The first-order valence-corrected chi connectivity index (χ1v) is 6.82. The molecular weight excluding hydrogens is 220 g/mol. The van der Waals surface area contributed by atoms with Gasteiger partial charge >= 0.3 is 0 Å². The van der Waals surface area contributed by atoms with E-state index in [1.165, 1.54) is 5.56 Å². The van der Waals surface area contributed by atoms with Crippen LogP contribution in [-0.2, 0) is 5.41 Å². The highest BCUT2D eigenvalue weighted by atomic mass is 28.1. The second kappa shape index (κ2) is 5.03. The molecule has 1 aliphatic carbocycles. The molecule has 1 heteroatoms. The molecule has 0 nitrogen and oxygen atoms in total. The summed E-state index contributed by atoms with van der Waals surface area (Å²) in [5.74, 6) is 3.12. The van der Waals surface area contributed by atoms with E-state index in [-0.39, 0.29) is 5.41 Å². The summed E-state index contributed by atoms with van der Waals surface area (Å²) in [6.07, 6.45) is 11.6. The van der Waals surface area contributed by atoms with Gasteiger partial charge in [0.1, 0.15) is 0 Å². The third-order valence-corrected chi connectivity index (χ3v) is 3.40. The maximum Gasteiger partial charge on any atom is 0.0911 e. The van der Waals surface area contributed by atoms with Crippen LogP contribution in [0.5, 0.6) is 0 Å². The fraction of sp³-hybridized carbons (Fsp3) is 0.125. The van der Waals surface area contributed by atoms with E-state index in [2.05, 4.69) is 66.6 Å². The van der Waals surface area contributed by atoms with Crippen LogP contribution >= 0.6 is 0 Å². The van der Waals surface area contributed by atoms with Gasteiger partial charge in [0, 0.05) is 11.0 Å². The van der Waals surface area contributed by atoms with Gasteiger partial charge < -0.3 is 0 Å². The minimum absolute atomic E-state index is 0.0400. The van der Waals surface area contributed by atoms with E-state index in [0.717, 1.165) is 22.2 Å². The third kappa shape index (κ3) is 2.32. The number of rotatable bonds is 2. The molecule has 0 bridgehead atoms. The lowest BCUT2D eigenvalue weighted by Gasteiger charge is -2.28. The predicted octanol–water partition coefficient (Wildman–Crippen LogP) is 2.30. The van der Waals surface area contributed by atoms with E-state index in [1.54, 1.807) is 0 Å². The molecular formula is C16H16Si. The van der Waals surface area contributed by atoms with Crippen molar-refractivity contribution in [2.75, 3.05) is 0 Å². The molecule has 84 valence electrons. The van der Waals surface area contributed by atoms with Crippen LogP contribution in [0.3, 0.4) is 0 Å². The van der Waals surface area contributed by atoms with Crippen LogP contribution < -0.4 is 0 Å². The quantitative estimate of drug-likeness (QED) is 0.420. The van der Waals surface area contributed by atoms with E-state index < -0.39 is 0 Å². The van der Waals surface area contributed by atoms with Gasteiger partial charge in [0.2, 0.25) is 0 Å². The molecule has 17 heavy (non-hydrogen) atoms. The van der Waals surface area contributed by atoms with Crippen molar-refractivity contribution in [3.05, 3.63) is 72.4 Å². The Morgan fingerprint density at radius 1 is 1.24 bits per heavy atom. The summed E-state index contributed by atoms with van der Waals surface area (Å²) < 4.78 is 0. The highest BCUT2D eigenvalue weighted by molar-refractivity contribution is 6.22. The minimum Gasteiger partial charge on any atom is -0.138 e. The highest BCUT2D eigenvalue weighted by Gasteiger charge is 2.25. The Bertz CT molecular complexity index is 523. The molecule has 2 rings (SSSR count). The molecule has 1 aromatic rings. The van der Waals surface area contributed by atoms with Gasteiger partial charge in [-0.15, -0.1) is 12.1 Å². The highest BCUT2D eigenvalue weighted by Crippen LogP contribution is 2.33. The molecule has 1 aliphatic rings. The Balaban J connectivity index is 2.37. The molecule has 0 heterocycles. The Morgan fingerprint density at radius 2 is 2.00 bits per heavy atom. The third-order valence-electron chi connectivity index (χ3n) is 3.15. The molecule has 0 aliphatic heterocycles. The van der Waals surface area contributed by atoms with Gasteiger partial charge in [-0.05, 0) is 24.1 Å². The number of hydrogen-bond acceptors (Lipinski definition) is 0. The normalized spacial score (nSPS) is 21.9. The van der Waals surface area contributed by atoms with Crippen molar-refractivity contribution >= 4 is 10.2 Å². The Labute approximate surface area is 106 Å². The first-order valence-electron chi connectivity index (χ1n) is 5.82. The zero-order chi connectivity index (χ0) is 12.1. The molecule has 0 fully saturated rings. The average molecular weight is 236 g/mol. The summed E-state index contributed by atoms with van der Waals surface area (Å²) in [6, 6.07) is 8.51. The van der Waals surface area contributed by atoms with Crippen molar-refractivity contribution in [2.24, 2.45) is 0 Å². The van der Waals surface area contributed by atoms with Crippen LogP contribution in [0.25, 0.3) is 0 Å². The van der Waals surface area contributed by atoms with E-state index in [4.69, 9.17) is 0 Å². The van der Waals surface area contributed by atoms with Gasteiger partial charge in [-0.2, -0.15) is 0 Å². The summed E-state index contributed by atoms with van der Waals surface area (Å²) in [4.78, 5) is 0. The Morgan fingerprint density at radius 3 is 2.53 bits per heavy atom. The summed E-state index contributed by atoms with van der Waals surface area (Å²) in [7, 11) is 0.927. The van der Waals surface area contributed by atoms with Gasteiger partial charge in [0.15, 0.2) is 0 Å². The van der Waals surface area contributed by atoms with E-state index >= 15 is 0 Å². The fourth-order valence-electron chi connectivity index (χ4n) is 2.13. The zero-order valence-electron chi connectivity index (χ0n) is 10.1. The first kappa shape index (κ1) is 11.7. The van der Waals surface area contributed by atoms with Crippen molar-refractivity contribution in [2.45, 2.75) is 11.8 Å². The van der Waals surface area contributed by atoms with Gasteiger partial charge in [0.25, 0.3) is 0 Å². The van der Waals surface area contributed by atoms with Gasteiger partial charge in [-0.25, -0.2) is 0 Å². The average Bonchev–Trinajstić information content (AvgIpc) is 2.41. The molecule has 1 unspecified atom stereocenters. The fourth-order valence-corrected chi connectivity index (χ4v) is 2.42. The Kier molecular flexibility index (Phi) is 3.46. The lowest BCUT2D eigenvalue weighted by molar-refractivity contribution is 0.677. The number of benzene rings is 1. The Hall–Kier alpha value is -1.78. The van der Waals surface area contributed by atoms with Crippen LogP contribution in [0.4, 0.5) is 0 Å². The predicted molar refractivity (Wildman–Crippen MR) is 78.0 cm³/mol. The molecule has 0 aromatic heterocycles. The molecule has 0 saturated heterocycles. The van der Waals surface area contributed by atoms with Crippen LogP contribution in [-0.4, -0.2) is 10.2 Å². The molecule has 1 atom stereocenters. The van der Waals surface area contributed by atoms with Gasteiger partial charge in [0.05, 0.1) is 10.2 Å². The van der Waals surface area contributed by atoms with Crippen molar-refractivity contribution in [3.8, 4) is 11.5 Å². The monoisotopic (exact) mass is 236 g/mol. The first-order chi connectivity index (χ1) is 8.30. The van der Waals surface area contributed by atoms with Gasteiger partial charge in [-0.1, -0.05) is 48.4 Å². The van der Waals surface area contributed by atoms with Crippen LogP contribution in [0.1, 0.15) is 17.5 Å². The van der Waals surface area contributed by atoms with E-state index in [1.807, 2.05) is 6.08 Å². The summed E-state index contributed by atoms with van der Waals surface area (Å²) in [6.45, 7) is 3.98. The molecule has 0 saturated carbocycles. The van der Waals surface area contributed by atoms with Crippen LogP contribution in [0.2, 0.25) is 0 Å². The van der Waals surface area contributed by atoms with Crippen molar-refractivity contribution < 1.29 is 0 Å². The topological polar surface area (TPSA) is 0 Å². The smallest absolute Gasteiger partial charge is 0.0911 e. The van der Waals surface area contributed by atoms with E-state index in [9.17, 15) is 0 Å². The maximum absolute atomic E-state index is 3.98. The molecule has 0 amide bonds. The second-order valence-corrected chi connectivity index (χ2v) is 4.69. The van der Waals surface area contributed by atoms with Crippen LogP contribution in [0.15, 0.2) is 61.2 Å². The molecule has 0 radical (unpaired) electrons. The molecule has 1 aromatic carbocycles. The molecule has 0 spiro atoms. The second-order valence-electron chi connectivity index (χ2n) is 4.19. The maximum atomic E-state index is 3.98. The van der Waals surface area contributed by atoms with Crippen LogP contribution in [0, 0.1) is 11.5 Å². The van der Waals surface area contributed by atoms with Crippen molar-refractivity contribution in [1.29, 1.82) is 0 Å². The van der Waals surface area contributed by atoms with E-state index in [0.29, 0.717) is 0 Å². The van der Waals surface area contributed by atoms with Crippen molar-refractivity contribution in [3.63, 3.8) is 0 Å². The summed E-state index contributed by atoms with van der Waals surface area (Å²) in [5, 5.41) is 0. The lowest BCUT2D eigenvalue weighted by atomic mass is 9.75. The summed E-state index contributed by atoms with van der Waals surface area (Å²) in [5.41, 5.74) is 5.39. The minimum atomic E-state index is -0.0400. The number of allylic oxidation sites excluding steroid dienone is 5. The molecule has 0 N–H and O–H groups in total. The lowest BCUT2D eigenvalue weighted by Crippen LogP contribution is -2.20. The standard InChI is InChI=1S/C16H16Si/c1-2-16(11-4-3-5-12-16)15-8-6-14(7-9-15)10-13-17/h2-9,11H,1,12H2,17H3.